The highest BCUT2D eigenvalue weighted by Gasteiger charge is 2.54. The van der Waals surface area contributed by atoms with E-state index >= 15 is 0 Å². The molecule has 9 nitrogen and oxygen atoms in total. The zero-order valence-corrected chi connectivity index (χ0v) is 24.7. The standard InChI is InChI=1S/C32H37F4N3O6/c33-31(34)26-18-24(12-15-27(26)44-32(35,36)45-31)38-30(43)39(25-13-10-22(11-14-25)21-4-2-1-3-5-21)19-20-6-8-23(9-7-20)29(42)37-17-16-28(40)41/h6-9,12,15,18,21-22,25H,1-5,10-11,13-14,16-17,19H2,(H,37,42)(H,38,43)(H,40,41). The SMILES string of the molecule is O=C(O)CCNC(=O)c1ccc(CN(C(=O)Nc2ccc3c(c2)C(F)(F)OC(F)(F)O3)C2CCC(C3CCCCC3)CC2)cc1. The number of benzene rings is 2. The third kappa shape index (κ3) is 8.24. The molecule has 0 atom stereocenters. The number of carbonyl (C=O) groups excluding carboxylic acids is 2. The van der Waals surface area contributed by atoms with E-state index in [9.17, 15) is 31.9 Å². The number of carboxylic acid groups (broad SMARTS) is 1. The molecule has 0 spiro atoms. The molecule has 2 saturated carbocycles. The Labute approximate surface area is 258 Å². The fourth-order valence-corrected chi connectivity index (χ4v) is 6.67. The van der Waals surface area contributed by atoms with Gasteiger partial charge in [-0.2, -0.15) is 8.78 Å². The number of ether oxygens (including phenoxy) is 2. The third-order valence-electron chi connectivity index (χ3n) is 8.97. The number of hydrogen-bond acceptors (Lipinski definition) is 5. The van der Waals surface area contributed by atoms with Gasteiger partial charge in [-0.05, 0) is 73.4 Å². The van der Waals surface area contributed by atoms with Crippen LogP contribution >= 0.6 is 0 Å². The van der Waals surface area contributed by atoms with Crippen LogP contribution < -0.4 is 15.4 Å². The molecule has 45 heavy (non-hydrogen) atoms. The molecule has 0 bridgehead atoms. The van der Waals surface area contributed by atoms with Gasteiger partial charge in [-0.3, -0.25) is 9.59 Å². The molecule has 2 aliphatic carbocycles. The maximum atomic E-state index is 14.4. The number of fused-ring (bicyclic) bond motifs is 1. The number of amides is 3. The summed E-state index contributed by atoms with van der Waals surface area (Å²) < 4.78 is 63.4. The third-order valence-corrected chi connectivity index (χ3v) is 8.97. The zero-order chi connectivity index (χ0) is 32.2. The quantitative estimate of drug-likeness (QED) is 0.254. The van der Waals surface area contributed by atoms with Gasteiger partial charge in [-0.25, -0.2) is 9.53 Å². The highest BCUT2D eigenvalue weighted by molar-refractivity contribution is 5.94. The van der Waals surface area contributed by atoms with Crippen LogP contribution in [0.25, 0.3) is 0 Å². The minimum Gasteiger partial charge on any atom is -0.481 e. The first-order valence-corrected chi connectivity index (χ1v) is 15.4. The molecule has 0 unspecified atom stereocenters. The number of urea groups is 1. The Hall–Kier alpha value is -3.87. The van der Waals surface area contributed by atoms with E-state index in [2.05, 4.69) is 20.1 Å². The van der Waals surface area contributed by atoms with Gasteiger partial charge in [0, 0.05) is 30.4 Å². The Morgan fingerprint density at radius 3 is 2.22 bits per heavy atom. The number of rotatable bonds is 9. The molecule has 3 amide bonds. The fraction of sp³-hybridized carbons (Fsp3) is 0.531. The monoisotopic (exact) mass is 635 g/mol. The largest absolute Gasteiger partial charge is 0.540 e. The van der Waals surface area contributed by atoms with E-state index in [0.717, 1.165) is 43.4 Å². The van der Waals surface area contributed by atoms with Crippen LogP contribution in [0.4, 0.5) is 28.0 Å². The van der Waals surface area contributed by atoms with Gasteiger partial charge in [-0.15, -0.1) is 8.78 Å². The second kappa shape index (κ2) is 13.6. The molecule has 244 valence electrons. The van der Waals surface area contributed by atoms with E-state index < -0.39 is 41.6 Å². The van der Waals surface area contributed by atoms with E-state index in [0.29, 0.717) is 17.4 Å². The molecular weight excluding hydrogens is 598 g/mol. The summed E-state index contributed by atoms with van der Waals surface area (Å²) >= 11 is 0. The molecule has 1 aliphatic heterocycles. The number of carbonyl (C=O) groups is 3. The molecule has 3 N–H and O–H groups in total. The highest BCUT2D eigenvalue weighted by atomic mass is 19.3. The smallest absolute Gasteiger partial charge is 0.481 e. The summed E-state index contributed by atoms with van der Waals surface area (Å²) in [5.41, 5.74) is 0.0916. The summed E-state index contributed by atoms with van der Waals surface area (Å²) in [7, 11) is 0. The summed E-state index contributed by atoms with van der Waals surface area (Å²) in [4.78, 5) is 38.5. The van der Waals surface area contributed by atoms with Crippen molar-refractivity contribution in [3.8, 4) is 5.75 Å². The van der Waals surface area contributed by atoms with Crippen LogP contribution in [-0.2, 0) is 22.2 Å². The van der Waals surface area contributed by atoms with Crippen LogP contribution in [0.5, 0.6) is 5.75 Å². The lowest BCUT2D eigenvalue weighted by Gasteiger charge is -2.40. The molecule has 5 rings (SSSR count). The summed E-state index contributed by atoms with van der Waals surface area (Å²) in [6.45, 7) is 0.160. The van der Waals surface area contributed by atoms with Crippen LogP contribution in [0.3, 0.4) is 0 Å². The van der Waals surface area contributed by atoms with Crippen molar-refractivity contribution in [3.05, 3.63) is 59.2 Å². The van der Waals surface area contributed by atoms with Crippen molar-refractivity contribution in [1.82, 2.24) is 10.2 Å². The predicted octanol–water partition coefficient (Wildman–Crippen LogP) is 7.07. The minimum atomic E-state index is -4.50. The lowest BCUT2D eigenvalue weighted by atomic mass is 9.72. The van der Waals surface area contributed by atoms with Gasteiger partial charge in [0.25, 0.3) is 5.91 Å². The van der Waals surface area contributed by atoms with Crippen LogP contribution in [0.2, 0.25) is 0 Å². The van der Waals surface area contributed by atoms with Crippen LogP contribution in [0, 0.1) is 11.8 Å². The van der Waals surface area contributed by atoms with Gasteiger partial charge in [-0.1, -0.05) is 44.2 Å². The van der Waals surface area contributed by atoms with Crippen molar-refractivity contribution in [3.63, 3.8) is 0 Å². The number of alkyl halides is 4. The van der Waals surface area contributed by atoms with Crippen molar-refractivity contribution in [2.75, 3.05) is 11.9 Å². The summed E-state index contributed by atoms with van der Waals surface area (Å²) in [6.07, 6.45) is 0.708. The average Bonchev–Trinajstić information content (AvgIpc) is 3.00. The van der Waals surface area contributed by atoms with E-state index in [4.69, 9.17) is 5.11 Å². The van der Waals surface area contributed by atoms with Crippen molar-refractivity contribution >= 4 is 23.6 Å². The Morgan fingerprint density at radius 2 is 1.56 bits per heavy atom. The molecule has 2 aromatic rings. The molecule has 0 saturated heterocycles. The predicted molar refractivity (Wildman–Crippen MR) is 155 cm³/mol. The molecular formula is C32H37F4N3O6. The molecule has 1 heterocycles. The number of anilines is 1. The number of hydrogen-bond donors (Lipinski definition) is 3. The van der Waals surface area contributed by atoms with Gasteiger partial charge < -0.3 is 25.4 Å². The van der Waals surface area contributed by atoms with Crippen LogP contribution in [0.1, 0.15) is 85.7 Å². The fourth-order valence-electron chi connectivity index (χ4n) is 6.67. The van der Waals surface area contributed by atoms with Crippen LogP contribution in [-0.4, -0.2) is 46.8 Å². The lowest BCUT2D eigenvalue weighted by molar-refractivity contribution is -0.461. The first-order valence-electron chi connectivity index (χ1n) is 15.4. The van der Waals surface area contributed by atoms with Crippen molar-refractivity contribution < 1.29 is 46.5 Å². The molecule has 13 heteroatoms. The molecule has 2 aromatic carbocycles. The second-order valence-corrected chi connectivity index (χ2v) is 12.0. The first kappa shape index (κ1) is 32.5. The number of halogens is 4. The lowest BCUT2D eigenvalue weighted by Crippen LogP contribution is -2.45. The molecule has 3 aliphatic rings. The number of nitrogens with one attached hydrogen (secondary N) is 2. The van der Waals surface area contributed by atoms with E-state index in [1.807, 2.05) is 0 Å². The molecule has 0 radical (unpaired) electrons. The van der Waals surface area contributed by atoms with E-state index in [-0.39, 0.29) is 31.2 Å². The maximum Gasteiger partial charge on any atom is 0.540 e. The van der Waals surface area contributed by atoms with Gasteiger partial charge in [0.2, 0.25) is 0 Å². The van der Waals surface area contributed by atoms with Gasteiger partial charge in [0.05, 0.1) is 12.0 Å². The molecule has 0 aromatic heterocycles. The summed E-state index contributed by atoms with van der Waals surface area (Å²) in [5, 5.41) is 14.0. The van der Waals surface area contributed by atoms with E-state index in [1.54, 1.807) is 29.2 Å². The minimum absolute atomic E-state index is 0.0112. The summed E-state index contributed by atoms with van der Waals surface area (Å²) in [6, 6.07) is 8.91. The highest BCUT2D eigenvalue weighted by Crippen LogP contribution is 2.47. The Balaban J connectivity index is 1.31. The summed E-state index contributed by atoms with van der Waals surface area (Å²) in [5.74, 6) is -0.895. The number of nitrogens with zero attached hydrogens (tertiary/aromatic N) is 1. The first-order chi connectivity index (χ1) is 21.4. The van der Waals surface area contributed by atoms with Gasteiger partial charge in [0.1, 0.15) is 5.75 Å². The van der Waals surface area contributed by atoms with Crippen molar-refractivity contribution in [1.29, 1.82) is 0 Å². The average molecular weight is 636 g/mol. The normalized spacial score (nSPS) is 22.4. The number of carboxylic acids is 1. The topological polar surface area (TPSA) is 117 Å². The second-order valence-electron chi connectivity index (χ2n) is 12.0. The zero-order valence-electron chi connectivity index (χ0n) is 24.7. The Morgan fingerprint density at radius 1 is 0.889 bits per heavy atom. The van der Waals surface area contributed by atoms with Crippen LogP contribution in [0.15, 0.2) is 42.5 Å². The molecule has 2 fully saturated rings. The van der Waals surface area contributed by atoms with Gasteiger partial charge >= 0.3 is 24.4 Å². The van der Waals surface area contributed by atoms with Gasteiger partial charge in [0.15, 0.2) is 0 Å². The number of aliphatic carboxylic acids is 1. The Kier molecular flexibility index (Phi) is 9.85. The maximum absolute atomic E-state index is 14.4. The Bertz CT molecular complexity index is 1380. The van der Waals surface area contributed by atoms with E-state index in [1.165, 1.54) is 38.2 Å². The van der Waals surface area contributed by atoms with Crippen molar-refractivity contribution in [2.24, 2.45) is 11.8 Å². The van der Waals surface area contributed by atoms with Crippen molar-refractivity contribution in [2.45, 2.75) is 89.2 Å².